The average Bonchev–Trinajstić information content (AvgIpc) is 2.56. The number of hydrogen-bond donors (Lipinski definition) is 4. The highest BCUT2D eigenvalue weighted by molar-refractivity contribution is 4.68. The summed E-state index contributed by atoms with van der Waals surface area (Å²) in [4.78, 5) is 0. The minimum atomic E-state index is -1.50. The highest BCUT2D eigenvalue weighted by Crippen LogP contribution is 2.14. The first-order valence-electron chi connectivity index (χ1n) is 5.00. The fraction of sp³-hybridized carbons (Fsp3) is 1.00. The first-order valence-corrected chi connectivity index (χ1v) is 5.00. The van der Waals surface area contributed by atoms with E-state index in [-0.39, 0.29) is 12.2 Å². The Morgan fingerprint density at radius 3 is 1.80 bits per heavy atom. The van der Waals surface area contributed by atoms with Crippen molar-refractivity contribution in [3.05, 3.63) is 0 Å². The van der Waals surface area contributed by atoms with Crippen molar-refractivity contribution in [3.63, 3.8) is 0 Å². The van der Waals surface area contributed by atoms with Crippen LogP contribution in [0.4, 0.5) is 0 Å². The summed E-state index contributed by atoms with van der Waals surface area (Å²) in [7, 11) is 1.00. The lowest BCUT2D eigenvalue weighted by Crippen LogP contribution is -2.20. The van der Waals surface area contributed by atoms with Gasteiger partial charge in [-0.2, -0.15) is 0 Å². The van der Waals surface area contributed by atoms with E-state index in [1.54, 1.807) is 6.92 Å². The maximum atomic E-state index is 8.93. The predicted octanol–water partition coefficient (Wildman–Crippen LogP) is -0.138. The molecule has 0 radical (unpaired) electrons. The van der Waals surface area contributed by atoms with E-state index in [0.29, 0.717) is 0 Å². The Balaban J connectivity index is 0. The molecule has 5 nitrogen and oxygen atoms in total. The molecule has 0 saturated carbocycles. The van der Waals surface area contributed by atoms with E-state index in [0.717, 1.165) is 26.6 Å². The van der Waals surface area contributed by atoms with Crippen LogP contribution >= 0.6 is 0 Å². The summed E-state index contributed by atoms with van der Waals surface area (Å²) in [5, 5.41) is 32.1. The molecule has 4 N–H and O–H groups in total. The second-order valence-corrected chi connectivity index (χ2v) is 3.79. The van der Waals surface area contributed by atoms with Gasteiger partial charge in [-0.1, -0.05) is 0 Å². The van der Waals surface area contributed by atoms with E-state index in [2.05, 4.69) is 0 Å². The molecule has 15 heavy (non-hydrogen) atoms. The van der Waals surface area contributed by atoms with Crippen LogP contribution in [-0.4, -0.2) is 52.1 Å². The molecule has 1 heterocycles. The van der Waals surface area contributed by atoms with Crippen LogP contribution < -0.4 is 0 Å². The fourth-order valence-corrected chi connectivity index (χ4v) is 0.983. The molecule has 0 aromatic carbocycles. The van der Waals surface area contributed by atoms with Crippen LogP contribution in [0.2, 0.25) is 0 Å². The number of ether oxygens (including phenoxy) is 1. The van der Waals surface area contributed by atoms with E-state index >= 15 is 0 Å². The van der Waals surface area contributed by atoms with Gasteiger partial charge in [-0.25, -0.2) is 0 Å². The maximum absolute atomic E-state index is 8.93. The standard InChI is InChI=1S/C6H12O2.C3H8O2.CH4O/c1-5(7)6-3-2-4-8-6;1-3(2,4)5;1-2/h5-7H,2-4H2,1H3;4-5H,1-2H3;2H,1H3. The summed E-state index contributed by atoms with van der Waals surface area (Å²) >= 11 is 0. The molecule has 0 bridgehead atoms. The summed E-state index contributed by atoms with van der Waals surface area (Å²) in [6, 6.07) is 0. The van der Waals surface area contributed by atoms with Crippen LogP contribution in [-0.2, 0) is 4.74 Å². The maximum Gasteiger partial charge on any atom is 0.156 e. The number of aliphatic hydroxyl groups excluding tert-OH is 2. The van der Waals surface area contributed by atoms with E-state index < -0.39 is 5.79 Å². The molecule has 0 aromatic heterocycles. The van der Waals surface area contributed by atoms with Gasteiger partial charge in [0.15, 0.2) is 5.79 Å². The molecule has 1 fully saturated rings. The average molecular weight is 224 g/mol. The van der Waals surface area contributed by atoms with E-state index in [9.17, 15) is 0 Å². The van der Waals surface area contributed by atoms with Gasteiger partial charge in [-0.05, 0) is 33.6 Å². The van der Waals surface area contributed by atoms with Gasteiger partial charge in [-0.3, -0.25) is 0 Å². The molecule has 1 rings (SSSR count). The summed E-state index contributed by atoms with van der Waals surface area (Å²) in [5.74, 6) is -1.50. The number of hydrogen-bond acceptors (Lipinski definition) is 5. The van der Waals surface area contributed by atoms with Gasteiger partial charge in [0, 0.05) is 13.7 Å². The van der Waals surface area contributed by atoms with Gasteiger partial charge < -0.3 is 25.2 Å². The molecule has 2 unspecified atom stereocenters. The van der Waals surface area contributed by atoms with Gasteiger partial charge in [-0.15, -0.1) is 0 Å². The van der Waals surface area contributed by atoms with Crippen LogP contribution in [0.3, 0.4) is 0 Å². The smallest absolute Gasteiger partial charge is 0.156 e. The van der Waals surface area contributed by atoms with Gasteiger partial charge in [0.2, 0.25) is 0 Å². The third-order valence-electron chi connectivity index (χ3n) is 1.50. The fourth-order valence-electron chi connectivity index (χ4n) is 0.983. The van der Waals surface area contributed by atoms with Crippen molar-refractivity contribution in [3.8, 4) is 0 Å². The molecule has 0 aromatic rings. The molecular formula is C10H24O5. The van der Waals surface area contributed by atoms with Crippen molar-refractivity contribution in [2.75, 3.05) is 13.7 Å². The highest BCUT2D eigenvalue weighted by Gasteiger charge is 2.19. The van der Waals surface area contributed by atoms with Crippen molar-refractivity contribution in [2.45, 2.75) is 51.6 Å². The first-order chi connectivity index (χ1) is 6.80. The van der Waals surface area contributed by atoms with Gasteiger partial charge in [0.05, 0.1) is 12.2 Å². The summed E-state index contributed by atoms with van der Waals surface area (Å²) in [5.41, 5.74) is 0. The Hall–Kier alpha value is -0.200. The molecule has 5 heteroatoms. The predicted molar refractivity (Wildman–Crippen MR) is 57.3 cm³/mol. The Morgan fingerprint density at radius 2 is 1.67 bits per heavy atom. The van der Waals surface area contributed by atoms with E-state index in [1.165, 1.54) is 13.8 Å². The molecule has 0 spiro atoms. The van der Waals surface area contributed by atoms with Gasteiger partial charge in [0.25, 0.3) is 0 Å². The van der Waals surface area contributed by atoms with Crippen molar-refractivity contribution >= 4 is 0 Å². The number of aliphatic hydroxyl groups is 4. The quantitative estimate of drug-likeness (QED) is 0.466. The third kappa shape index (κ3) is 16.5. The number of rotatable bonds is 1. The molecule has 1 saturated heterocycles. The zero-order valence-corrected chi connectivity index (χ0v) is 9.97. The van der Waals surface area contributed by atoms with Crippen molar-refractivity contribution in [2.24, 2.45) is 0 Å². The van der Waals surface area contributed by atoms with Gasteiger partial charge in [0.1, 0.15) is 0 Å². The van der Waals surface area contributed by atoms with Crippen molar-refractivity contribution in [1.29, 1.82) is 0 Å². The van der Waals surface area contributed by atoms with Crippen molar-refractivity contribution in [1.82, 2.24) is 0 Å². The lowest BCUT2D eigenvalue weighted by atomic mass is 10.2. The van der Waals surface area contributed by atoms with Crippen LogP contribution in [0.1, 0.15) is 33.6 Å². The molecule has 1 aliphatic heterocycles. The Morgan fingerprint density at radius 1 is 1.27 bits per heavy atom. The molecule has 94 valence electrons. The minimum Gasteiger partial charge on any atom is -0.400 e. The summed E-state index contributed by atoms with van der Waals surface area (Å²) < 4.78 is 5.16. The molecule has 1 aliphatic rings. The monoisotopic (exact) mass is 224 g/mol. The SMILES string of the molecule is CC(C)(O)O.CC(O)C1CCCO1.CO. The second kappa shape index (κ2) is 9.06. The first kappa shape index (κ1) is 17.2. The lowest BCUT2D eigenvalue weighted by Gasteiger charge is -2.10. The Labute approximate surface area is 91.3 Å². The van der Waals surface area contributed by atoms with Crippen LogP contribution in [0, 0.1) is 0 Å². The normalized spacial score (nSPS) is 22.0. The van der Waals surface area contributed by atoms with E-state index in [1.807, 2.05) is 0 Å². The molecular weight excluding hydrogens is 200 g/mol. The molecule has 2 atom stereocenters. The highest BCUT2D eigenvalue weighted by atomic mass is 16.5. The van der Waals surface area contributed by atoms with Crippen LogP contribution in [0.25, 0.3) is 0 Å². The van der Waals surface area contributed by atoms with Crippen LogP contribution in [0.5, 0.6) is 0 Å². The largest absolute Gasteiger partial charge is 0.400 e. The topological polar surface area (TPSA) is 90.2 Å². The third-order valence-corrected chi connectivity index (χ3v) is 1.50. The Bertz CT molecular complexity index is 118. The Kier molecular flexibility index (Phi) is 10.4. The summed E-state index contributed by atoms with van der Waals surface area (Å²) in [6.45, 7) is 5.20. The lowest BCUT2D eigenvalue weighted by molar-refractivity contribution is -0.127. The van der Waals surface area contributed by atoms with E-state index in [4.69, 9.17) is 25.2 Å². The zero-order valence-electron chi connectivity index (χ0n) is 9.97. The molecule has 0 amide bonds. The zero-order chi connectivity index (χ0) is 12.5. The second-order valence-electron chi connectivity index (χ2n) is 3.79. The minimum absolute atomic E-state index is 0.120. The molecule has 0 aliphatic carbocycles. The summed E-state index contributed by atoms with van der Waals surface area (Å²) in [6.07, 6.45) is 1.97. The van der Waals surface area contributed by atoms with Crippen molar-refractivity contribution < 1.29 is 25.2 Å². The van der Waals surface area contributed by atoms with Gasteiger partial charge >= 0.3 is 0 Å². The van der Waals surface area contributed by atoms with Crippen LogP contribution in [0.15, 0.2) is 0 Å².